The van der Waals surface area contributed by atoms with Gasteiger partial charge in [0.2, 0.25) is 5.91 Å². The van der Waals surface area contributed by atoms with E-state index in [2.05, 4.69) is 11.8 Å². The molecule has 3 atom stereocenters. The molecule has 3 heteroatoms. The summed E-state index contributed by atoms with van der Waals surface area (Å²) in [6.45, 7) is 4.10. The molecular weight excluding hydrogens is 224 g/mol. The first-order valence-electron chi connectivity index (χ1n) is 7.74. The van der Waals surface area contributed by atoms with Crippen molar-refractivity contribution < 1.29 is 4.79 Å². The molecule has 1 amide bonds. The molecule has 0 aromatic carbocycles. The Hall–Kier alpha value is -0.570. The molecule has 1 heterocycles. The summed E-state index contributed by atoms with van der Waals surface area (Å²) in [7, 11) is 0. The smallest absolute Gasteiger partial charge is 0.224 e. The highest BCUT2D eigenvalue weighted by Crippen LogP contribution is 2.36. The van der Waals surface area contributed by atoms with E-state index in [0.29, 0.717) is 12.3 Å². The molecule has 2 N–H and O–H groups in total. The molecule has 3 unspecified atom stereocenters. The lowest BCUT2D eigenvalue weighted by Gasteiger charge is -2.41. The number of carbonyl (C=O) groups is 1. The second kappa shape index (κ2) is 6.55. The molecule has 0 aromatic rings. The van der Waals surface area contributed by atoms with Gasteiger partial charge in [0.05, 0.1) is 0 Å². The fourth-order valence-electron chi connectivity index (χ4n) is 3.65. The van der Waals surface area contributed by atoms with E-state index < -0.39 is 0 Å². The number of hydrogen-bond acceptors (Lipinski definition) is 2. The summed E-state index contributed by atoms with van der Waals surface area (Å²) in [5.41, 5.74) is 5.98. The van der Waals surface area contributed by atoms with E-state index in [1.165, 1.54) is 32.1 Å². The van der Waals surface area contributed by atoms with Gasteiger partial charge >= 0.3 is 0 Å². The number of nitrogens with zero attached hydrogens (tertiary/aromatic N) is 1. The Balaban J connectivity index is 1.81. The molecule has 0 bridgehead atoms. The van der Waals surface area contributed by atoms with Crippen LogP contribution in [0.1, 0.15) is 58.3 Å². The Kier molecular flexibility index (Phi) is 5.04. The van der Waals surface area contributed by atoms with Crippen LogP contribution in [-0.2, 0) is 4.79 Å². The van der Waals surface area contributed by atoms with Crippen LogP contribution in [0.5, 0.6) is 0 Å². The van der Waals surface area contributed by atoms with Gasteiger partial charge in [-0.15, -0.1) is 0 Å². The quantitative estimate of drug-likeness (QED) is 0.835. The zero-order chi connectivity index (χ0) is 13.0. The third-order valence-corrected chi connectivity index (χ3v) is 4.74. The molecule has 1 aliphatic carbocycles. The number of piperidine rings is 1. The third-order valence-electron chi connectivity index (χ3n) is 4.74. The minimum Gasteiger partial charge on any atom is -0.342 e. The molecule has 0 radical (unpaired) electrons. The van der Waals surface area contributed by atoms with Crippen LogP contribution in [0.25, 0.3) is 0 Å². The predicted octanol–water partition coefficient (Wildman–Crippen LogP) is 2.54. The first kappa shape index (κ1) is 13.9. The van der Waals surface area contributed by atoms with E-state index in [-0.39, 0.29) is 6.04 Å². The zero-order valence-corrected chi connectivity index (χ0v) is 11.7. The number of hydrogen-bond donors (Lipinski definition) is 1. The topological polar surface area (TPSA) is 46.3 Å². The maximum Gasteiger partial charge on any atom is 0.224 e. The standard InChI is InChI=1S/C15H28N2O/c1-2-5-14(16)10-15(18)17-9-8-12-6-3-4-7-13(12)11-17/h12-14H,2-11,16H2,1H3. The largest absolute Gasteiger partial charge is 0.342 e. The number of carbonyl (C=O) groups excluding carboxylic acids is 1. The number of likely N-dealkylation sites (tertiary alicyclic amines) is 1. The van der Waals surface area contributed by atoms with Gasteiger partial charge in [0, 0.05) is 25.6 Å². The predicted molar refractivity (Wildman–Crippen MR) is 74.1 cm³/mol. The summed E-state index contributed by atoms with van der Waals surface area (Å²) in [6, 6.07) is 0.0616. The molecule has 2 rings (SSSR count). The minimum absolute atomic E-state index is 0.0616. The minimum atomic E-state index is 0.0616. The van der Waals surface area contributed by atoms with E-state index in [0.717, 1.165) is 37.8 Å². The van der Waals surface area contributed by atoms with Crippen LogP contribution >= 0.6 is 0 Å². The monoisotopic (exact) mass is 252 g/mol. The van der Waals surface area contributed by atoms with Crippen molar-refractivity contribution >= 4 is 5.91 Å². The molecule has 1 saturated carbocycles. The highest BCUT2D eigenvalue weighted by Gasteiger charge is 2.32. The normalized spacial score (nSPS) is 29.8. The second-order valence-corrected chi connectivity index (χ2v) is 6.19. The summed E-state index contributed by atoms with van der Waals surface area (Å²) >= 11 is 0. The van der Waals surface area contributed by atoms with Crippen LogP contribution in [0.15, 0.2) is 0 Å². The maximum atomic E-state index is 12.2. The van der Waals surface area contributed by atoms with E-state index in [4.69, 9.17) is 5.73 Å². The highest BCUT2D eigenvalue weighted by atomic mass is 16.2. The van der Waals surface area contributed by atoms with Crippen molar-refractivity contribution in [1.82, 2.24) is 4.90 Å². The Morgan fingerprint density at radius 2 is 2.00 bits per heavy atom. The summed E-state index contributed by atoms with van der Waals surface area (Å²) in [5.74, 6) is 1.96. The fraction of sp³-hybridized carbons (Fsp3) is 0.933. The molecule has 0 spiro atoms. The van der Waals surface area contributed by atoms with Crippen LogP contribution in [-0.4, -0.2) is 29.9 Å². The first-order valence-corrected chi connectivity index (χ1v) is 7.74. The van der Waals surface area contributed by atoms with Crippen LogP contribution < -0.4 is 5.73 Å². The van der Waals surface area contributed by atoms with Gasteiger partial charge in [-0.2, -0.15) is 0 Å². The van der Waals surface area contributed by atoms with Gasteiger partial charge < -0.3 is 10.6 Å². The van der Waals surface area contributed by atoms with Crippen LogP contribution in [0.4, 0.5) is 0 Å². The van der Waals surface area contributed by atoms with Gasteiger partial charge in [-0.25, -0.2) is 0 Å². The SMILES string of the molecule is CCCC(N)CC(=O)N1CCC2CCCCC2C1. The number of rotatable bonds is 4. The number of amides is 1. The molecule has 1 saturated heterocycles. The molecule has 104 valence electrons. The Morgan fingerprint density at radius 3 is 2.72 bits per heavy atom. The summed E-state index contributed by atoms with van der Waals surface area (Å²) < 4.78 is 0. The first-order chi connectivity index (χ1) is 8.70. The highest BCUT2D eigenvalue weighted by molar-refractivity contribution is 5.76. The van der Waals surface area contributed by atoms with Crippen molar-refractivity contribution in [2.75, 3.05) is 13.1 Å². The second-order valence-electron chi connectivity index (χ2n) is 6.19. The van der Waals surface area contributed by atoms with Crippen LogP contribution in [0, 0.1) is 11.8 Å². The molecule has 18 heavy (non-hydrogen) atoms. The van der Waals surface area contributed by atoms with Gasteiger partial charge in [-0.1, -0.05) is 32.6 Å². The van der Waals surface area contributed by atoms with E-state index in [9.17, 15) is 4.79 Å². The van der Waals surface area contributed by atoms with E-state index in [1.54, 1.807) is 0 Å². The third kappa shape index (κ3) is 3.47. The Morgan fingerprint density at radius 1 is 1.28 bits per heavy atom. The molecular formula is C15H28N2O. The molecule has 0 aromatic heterocycles. The molecule has 1 aliphatic heterocycles. The van der Waals surface area contributed by atoms with Gasteiger partial charge in [-0.3, -0.25) is 4.79 Å². The van der Waals surface area contributed by atoms with Crippen molar-refractivity contribution in [3.63, 3.8) is 0 Å². The lowest BCUT2D eigenvalue weighted by atomic mass is 9.75. The number of fused-ring (bicyclic) bond motifs is 1. The van der Waals surface area contributed by atoms with Crippen LogP contribution in [0.2, 0.25) is 0 Å². The van der Waals surface area contributed by atoms with E-state index in [1.807, 2.05) is 0 Å². The zero-order valence-electron chi connectivity index (χ0n) is 11.7. The molecule has 2 fully saturated rings. The van der Waals surface area contributed by atoms with Gasteiger partial charge in [0.25, 0.3) is 0 Å². The maximum absolute atomic E-state index is 12.2. The van der Waals surface area contributed by atoms with Crippen molar-refractivity contribution in [2.24, 2.45) is 17.6 Å². The molecule has 2 aliphatic rings. The lowest BCUT2D eigenvalue weighted by Crippen LogP contribution is -2.46. The van der Waals surface area contributed by atoms with Crippen molar-refractivity contribution in [3.05, 3.63) is 0 Å². The van der Waals surface area contributed by atoms with Gasteiger partial charge in [-0.05, 0) is 31.1 Å². The number of nitrogens with two attached hydrogens (primary N) is 1. The average Bonchev–Trinajstić information content (AvgIpc) is 2.38. The summed E-state index contributed by atoms with van der Waals surface area (Å²) in [4.78, 5) is 14.3. The van der Waals surface area contributed by atoms with Crippen molar-refractivity contribution in [2.45, 2.75) is 64.3 Å². The van der Waals surface area contributed by atoms with Crippen molar-refractivity contribution in [1.29, 1.82) is 0 Å². The summed E-state index contributed by atoms with van der Waals surface area (Å²) in [6.07, 6.45) is 9.28. The average molecular weight is 252 g/mol. The van der Waals surface area contributed by atoms with E-state index >= 15 is 0 Å². The fourth-order valence-corrected chi connectivity index (χ4v) is 3.65. The summed E-state index contributed by atoms with van der Waals surface area (Å²) in [5, 5.41) is 0. The Labute approximate surface area is 111 Å². The van der Waals surface area contributed by atoms with Crippen molar-refractivity contribution in [3.8, 4) is 0 Å². The van der Waals surface area contributed by atoms with Crippen LogP contribution in [0.3, 0.4) is 0 Å². The van der Waals surface area contributed by atoms with Gasteiger partial charge in [0.1, 0.15) is 0 Å². The molecule has 3 nitrogen and oxygen atoms in total. The lowest BCUT2D eigenvalue weighted by molar-refractivity contribution is -0.134. The van der Waals surface area contributed by atoms with Gasteiger partial charge in [0.15, 0.2) is 0 Å². The Bertz CT molecular complexity index is 280.